The molecule has 2 rings (SSSR count). The van der Waals surface area contributed by atoms with E-state index in [4.69, 9.17) is 4.74 Å². The Bertz CT molecular complexity index is 937. The van der Waals surface area contributed by atoms with Gasteiger partial charge in [0, 0.05) is 5.69 Å². The molecule has 0 aliphatic heterocycles. The first kappa shape index (κ1) is 20.2. The molecule has 0 atom stereocenters. The molecule has 0 aromatic heterocycles. The van der Waals surface area contributed by atoms with E-state index in [2.05, 4.69) is 14.2 Å². The van der Waals surface area contributed by atoms with Gasteiger partial charge in [-0.1, -0.05) is 0 Å². The first-order valence-corrected chi connectivity index (χ1v) is 9.26. The Balaban J connectivity index is 2.15. The molecule has 9 heteroatoms. The maximum Gasteiger partial charge on any atom is 0.343 e. The van der Waals surface area contributed by atoms with E-state index in [0.717, 1.165) is 0 Å². The van der Waals surface area contributed by atoms with Crippen molar-refractivity contribution in [3.8, 4) is 5.75 Å². The van der Waals surface area contributed by atoms with E-state index in [1.54, 1.807) is 6.92 Å². The minimum absolute atomic E-state index is 0.0301. The standard InChI is InChI=1S/C18H19NO7S/c1-12-10-15(8-9-16(12)26-11-17(20)24-2)27(22,23)19-14-6-4-13(5-7-14)18(21)25-3/h4-10,19H,11H2,1-3H3. The van der Waals surface area contributed by atoms with Crippen LogP contribution in [0, 0.1) is 6.92 Å². The number of esters is 2. The van der Waals surface area contributed by atoms with Gasteiger partial charge in [0.05, 0.1) is 24.7 Å². The number of carbonyl (C=O) groups is 2. The first-order chi connectivity index (χ1) is 12.8. The van der Waals surface area contributed by atoms with Gasteiger partial charge in [-0.15, -0.1) is 0 Å². The molecule has 0 spiro atoms. The number of benzene rings is 2. The molecule has 1 N–H and O–H groups in total. The van der Waals surface area contributed by atoms with Crippen molar-refractivity contribution in [3.05, 3.63) is 53.6 Å². The predicted octanol–water partition coefficient (Wildman–Crippen LogP) is 2.13. The largest absolute Gasteiger partial charge is 0.482 e. The van der Waals surface area contributed by atoms with E-state index in [-0.39, 0.29) is 11.5 Å². The lowest BCUT2D eigenvalue weighted by Crippen LogP contribution is -2.15. The van der Waals surface area contributed by atoms with Gasteiger partial charge in [0.25, 0.3) is 10.0 Å². The summed E-state index contributed by atoms with van der Waals surface area (Å²) in [5.74, 6) is -0.674. The molecule has 27 heavy (non-hydrogen) atoms. The number of hydrogen-bond acceptors (Lipinski definition) is 7. The van der Waals surface area contributed by atoms with Gasteiger partial charge in [0.2, 0.25) is 0 Å². The minimum Gasteiger partial charge on any atom is -0.482 e. The lowest BCUT2D eigenvalue weighted by molar-refractivity contribution is -0.142. The Morgan fingerprint density at radius 3 is 2.22 bits per heavy atom. The number of carbonyl (C=O) groups excluding carboxylic acids is 2. The SMILES string of the molecule is COC(=O)COc1ccc(S(=O)(=O)Nc2ccc(C(=O)OC)cc2)cc1C. The molecule has 0 aliphatic rings. The van der Waals surface area contributed by atoms with Gasteiger partial charge in [-0.2, -0.15) is 0 Å². The third kappa shape index (κ3) is 5.20. The fourth-order valence-electron chi connectivity index (χ4n) is 2.15. The third-order valence-corrected chi connectivity index (χ3v) is 4.97. The molecule has 0 heterocycles. The summed E-state index contributed by atoms with van der Waals surface area (Å²) in [5.41, 5.74) is 1.15. The third-order valence-electron chi connectivity index (χ3n) is 3.59. The molecule has 0 saturated heterocycles. The van der Waals surface area contributed by atoms with Crippen molar-refractivity contribution in [2.75, 3.05) is 25.5 Å². The number of aryl methyl sites for hydroxylation is 1. The van der Waals surface area contributed by atoms with Gasteiger partial charge < -0.3 is 14.2 Å². The van der Waals surface area contributed by atoms with Gasteiger partial charge in [0.15, 0.2) is 6.61 Å². The molecule has 0 fully saturated rings. The Morgan fingerprint density at radius 2 is 1.67 bits per heavy atom. The maximum absolute atomic E-state index is 12.5. The van der Waals surface area contributed by atoms with Crippen LogP contribution in [-0.2, 0) is 24.3 Å². The molecular weight excluding hydrogens is 374 g/mol. The van der Waals surface area contributed by atoms with E-state index in [1.165, 1.54) is 56.7 Å². The molecule has 2 aromatic rings. The summed E-state index contributed by atoms with van der Waals surface area (Å²) in [5, 5.41) is 0. The summed E-state index contributed by atoms with van der Waals surface area (Å²) < 4.78 is 41.9. The topological polar surface area (TPSA) is 108 Å². The summed E-state index contributed by atoms with van der Waals surface area (Å²) in [7, 11) is -1.33. The van der Waals surface area contributed by atoms with Crippen molar-refractivity contribution in [2.24, 2.45) is 0 Å². The summed E-state index contributed by atoms with van der Waals surface area (Å²) in [6, 6.07) is 10.1. The highest BCUT2D eigenvalue weighted by Crippen LogP contribution is 2.24. The Hall–Kier alpha value is -3.07. The van der Waals surface area contributed by atoms with Crippen molar-refractivity contribution in [1.82, 2.24) is 0 Å². The number of nitrogens with one attached hydrogen (secondary N) is 1. The fourth-order valence-corrected chi connectivity index (χ4v) is 3.30. The van der Waals surface area contributed by atoms with Crippen LogP contribution >= 0.6 is 0 Å². The summed E-state index contributed by atoms with van der Waals surface area (Å²) in [6.07, 6.45) is 0. The number of ether oxygens (including phenoxy) is 3. The van der Waals surface area contributed by atoms with Crippen LogP contribution in [0.3, 0.4) is 0 Å². The van der Waals surface area contributed by atoms with Crippen LogP contribution in [0.5, 0.6) is 5.75 Å². The van der Waals surface area contributed by atoms with E-state index in [0.29, 0.717) is 22.6 Å². The van der Waals surface area contributed by atoms with Crippen LogP contribution < -0.4 is 9.46 Å². The lowest BCUT2D eigenvalue weighted by atomic mass is 10.2. The van der Waals surface area contributed by atoms with Crippen LogP contribution in [-0.4, -0.2) is 41.2 Å². The zero-order chi connectivity index (χ0) is 20.0. The predicted molar refractivity (Wildman–Crippen MR) is 97.3 cm³/mol. The highest BCUT2D eigenvalue weighted by atomic mass is 32.2. The monoisotopic (exact) mass is 393 g/mol. The summed E-state index contributed by atoms with van der Waals surface area (Å²) >= 11 is 0. The summed E-state index contributed by atoms with van der Waals surface area (Å²) in [6.45, 7) is 1.39. The molecule has 0 radical (unpaired) electrons. The zero-order valence-corrected chi connectivity index (χ0v) is 15.8. The molecule has 0 bridgehead atoms. The van der Waals surface area contributed by atoms with Crippen LogP contribution in [0.1, 0.15) is 15.9 Å². The Kier molecular flexibility index (Phi) is 6.40. The smallest absolute Gasteiger partial charge is 0.343 e. The lowest BCUT2D eigenvalue weighted by Gasteiger charge is -2.12. The second-order valence-electron chi connectivity index (χ2n) is 5.47. The quantitative estimate of drug-likeness (QED) is 0.718. The van der Waals surface area contributed by atoms with Gasteiger partial charge in [0.1, 0.15) is 5.75 Å². The van der Waals surface area contributed by atoms with Crippen molar-refractivity contribution in [3.63, 3.8) is 0 Å². The number of hydrogen-bond donors (Lipinski definition) is 1. The van der Waals surface area contributed by atoms with E-state index < -0.39 is 22.0 Å². The van der Waals surface area contributed by atoms with Crippen LogP contribution in [0.15, 0.2) is 47.4 Å². The molecule has 0 unspecified atom stereocenters. The van der Waals surface area contributed by atoms with E-state index in [9.17, 15) is 18.0 Å². The van der Waals surface area contributed by atoms with Crippen molar-refractivity contribution >= 4 is 27.6 Å². The number of anilines is 1. The summed E-state index contributed by atoms with van der Waals surface area (Å²) in [4.78, 5) is 22.6. The molecule has 8 nitrogen and oxygen atoms in total. The Morgan fingerprint density at radius 1 is 1.00 bits per heavy atom. The average molecular weight is 393 g/mol. The van der Waals surface area contributed by atoms with Gasteiger partial charge in [-0.3, -0.25) is 4.72 Å². The maximum atomic E-state index is 12.5. The van der Waals surface area contributed by atoms with E-state index >= 15 is 0 Å². The second-order valence-corrected chi connectivity index (χ2v) is 7.15. The van der Waals surface area contributed by atoms with Crippen LogP contribution in [0.2, 0.25) is 0 Å². The highest BCUT2D eigenvalue weighted by Gasteiger charge is 2.16. The van der Waals surface area contributed by atoms with Crippen molar-refractivity contribution in [2.45, 2.75) is 11.8 Å². The van der Waals surface area contributed by atoms with Crippen LogP contribution in [0.25, 0.3) is 0 Å². The van der Waals surface area contributed by atoms with Gasteiger partial charge in [-0.05, 0) is 55.0 Å². The zero-order valence-electron chi connectivity index (χ0n) is 15.0. The second kappa shape index (κ2) is 8.54. The molecule has 2 aromatic carbocycles. The highest BCUT2D eigenvalue weighted by molar-refractivity contribution is 7.92. The van der Waals surface area contributed by atoms with Crippen LogP contribution in [0.4, 0.5) is 5.69 Å². The normalized spacial score (nSPS) is 10.8. The molecule has 0 saturated carbocycles. The van der Waals surface area contributed by atoms with Gasteiger partial charge in [-0.25, -0.2) is 18.0 Å². The first-order valence-electron chi connectivity index (χ1n) is 7.78. The molecule has 0 aliphatic carbocycles. The molecule has 0 amide bonds. The molecular formula is C18H19NO7S. The average Bonchev–Trinajstić information content (AvgIpc) is 2.66. The minimum atomic E-state index is -3.84. The Labute approximate surface area is 157 Å². The molecule has 144 valence electrons. The fraction of sp³-hybridized carbons (Fsp3) is 0.222. The van der Waals surface area contributed by atoms with Gasteiger partial charge >= 0.3 is 11.9 Å². The number of rotatable bonds is 7. The van der Waals surface area contributed by atoms with E-state index in [1.807, 2.05) is 0 Å². The number of methoxy groups -OCH3 is 2. The van der Waals surface area contributed by atoms with Crippen molar-refractivity contribution in [1.29, 1.82) is 0 Å². The number of sulfonamides is 1. The van der Waals surface area contributed by atoms with Crippen molar-refractivity contribution < 1.29 is 32.2 Å².